The lowest BCUT2D eigenvalue weighted by atomic mass is 9.96. The number of pyridine rings is 1. The molecule has 2 saturated heterocycles. The van der Waals surface area contributed by atoms with E-state index in [1.165, 1.54) is 10.6 Å². The van der Waals surface area contributed by atoms with Crippen LogP contribution in [0.2, 0.25) is 0 Å². The van der Waals surface area contributed by atoms with E-state index in [0.717, 1.165) is 44.1 Å². The molecule has 9 heteroatoms. The summed E-state index contributed by atoms with van der Waals surface area (Å²) in [6.07, 6.45) is 6.42. The van der Waals surface area contributed by atoms with Crippen molar-refractivity contribution in [2.75, 3.05) is 45.5 Å². The van der Waals surface area contributed by atoms with Crippen LogP contribution in [0, 0.1) is 5.92 Å². The first-order valence-electron chi connectivity index (χ1n) is 9.79. The van der Waals surface area contributed by atoms with Gasteiger partial charge in [0.1, 0.15) is 5.65 Å². The second-order valence-electron chi connectivity index (χ2n) is 7.72. The van der Waals surface area contributed by atoms with Crippen molar-refractivity contribution in [3.05, 3.63) is 36.3 Å². The first kappa shape index (κ1) is 19.4. The van der Waals surface area contributed by atoms with Gasteiger partial charge in [-0.05, 0) is 25.0 Å². The lowest BCUT2D eigenvalue weighted by Crippen LogP contribution is -2.51. The molecule has 0 aromatic carbocycles. The maximum atomic E-state index is 12.8. The highest BCUT2D eigenvalue weighted by Gasteiger charge is 2.32. The zero-order valence-electron chi connectivity index (χ0n) is 16.2. The fourth-order valence-corrected chi connectivity index (χ4v) is 5.02. The normalized spacial score (nSPS) is 20.7. The molecule has 28 heavy (non-hydrogen) atoms. The molecule has 2 aromatic rings. The third kappa shape index (κ3) is 4.06. The van der Waals surface area contributed by atoms with Gasteiger partial charge in [-0.15, -0.1) is 0 Å². The monoisotopic (exact) mass is 405 g/mol. The summed E-state index contributed by atoms with van der Waals surface area (Å²) in [6, 6.07) is 5.98. The largest absolute Gasteiger partial charge is 0.340 e. The zero-order valence-corrected chi connectivity index (χ0v) is 17.0. The molecular formula is C19H27N5O3S. The predicted molar refractivity (Wildman–Crippen MR) is 106 cm³/mol. The van der Waals surface area contributed by atoms with E-state index >= 15 is 0 Å². The van der Waals surface area contributed by atoms with E-state index in [0.29, 0.717) is 25.9 Å². The Hall–Kier alpha value is -1.97. The number of fused-ring (bicyclic) bond motifs is 1. The number of carbonyl (C=O) groups is 1. The third-order valence-corrected chi connectivity index (χ3v) is 7.14. The summed E-state index contributed by atoms with van der Waals surface area (Å²) in [4.78, 5) is 21.6. The number of hydrogen-bond donors (Lipinski definition) is 0. The van der Waals surface area contributed by atoms with Crippen molar-refractivity contribution in [1.82, 2.24) is 23.5 Å². The Balaban J connectivity index is 1.29. The van der Waals surface area contributed by atoms with Crippen molar-refractivity contribution in [3.63, 3.8) is 0 Å². The van der Waals surface area contributed by atoms with Crippen LogP contribution in [0.25, 0.3) is 5.65 Å². The van der Waals surface area contributed by atoms with Gasteiger partial charge >= 0.3 is 0 Å². The van der Waals surface area contributed by atoms with Gasteiger partial charge in [-0.3, -0.25) is 9.69 Å². The molecule has 4 heterocycles. The second-order valence-corrected chi connectivity index (χ2v) is 9.70. The first-order valence-corrected chi connectivity index (χ1v) is 11.6. The molecule has 152 valence electrons. The summed E-state index contributed by atoms with van der Waals surface area (Å²) in [5.41, 5.74) is 2.11. The third-order valence-electron chi connectivity index (χ3n) is 5.84. The van der Waals surface area contributed by atoms with Crippen LogP contribution >= 0.6 is 0 Å². The number of sulfonamides is 1. The number of aromatic nitrogens is 2. The van der Waals surface area contributed by atoms with Crippen molar-refractivity contribution in [2.24, 2.45) is 5.92 Å². The SMILES string of the molecule is CS(=O)(=O)N1CCC(C(=O)N2CCN(Cc3cnc4ccccn34)CC2)CC1. The summed E-state index contributed by atoms with van der Waals surface area (Å²) in [5, 5.41) is 0. The topological polar surface area (TPSA) is 78.2 Å². The first-order chi connectivity index (χ1) is 13.4. The van der Waals surface area contributed by atoms with Crippen LogP contribution in [0.3, 0.4) is 0 Å². The molecule has 0 bridgehead atoms. The average molecular weight is 406 g/mol. The van der Waals surface area contributed by atoms with Crippen LogP contribution in [0.1, 0.15) is 18.5 Å². The fourth-order valence-electron chi connectivity index (χ4n) is 4.15. The maximum Gasteiger partial charge on any atom is 0.225 e. The molecule has 2 aromatic heterocycles. The van der Waals surface area contributed by atoms with Gasteiger partial charge in [-0.2, -0.15) is 0 Å². The number of amides is 1. The van der Waals surface area contributed by atoms with Crippen molar-refractivity contribution in [1.29, 1.82) is 0 Å². The van der Waals surface area contributed by atoms with Crippen LogP contribution in [-0.4, -0.2) is 83.3 Å². The van der Waals surface area contributed by atoms with Gasteiger partial charge in [0.2, 0.25) is 15.9 Å². The molecule has 0 unspecified atom stereocenters. The molecular weight excluding hydrogens is 378 g/mol. The highest BCUT2D eigenvalue weighted by Crippen LogP contribution is 2.22. The molecule has 0 radical (unpaired) electrons. The molecule has 2 fully saturated rings. The van der Waals surface area contributed by atoms with E-state index in [1.807, 2.05) is 35.5 Å². The summed E-state index contributed by atoms with van der Waals surface area (Å²) < 4.78 is 26.8. The summed E-state index contributed by atoms with van der Waals surface area (Å²) in [5.74, 6) is 0.130. The molecule has 0 aliphatic carbocycles. The van der Waals surface area contributed by atoms with E-state index in [1.54, 1.807) is 0 Å². The number of hydrogen-bond acceptors (Lipinski definition) is 5. The standard InChI is InChI=1S/C19H27N5O3S/c1-28(26,27)23-8-5-16(6-9-23)19(25)22-12-10-21(11-13-22)15-17-14-20-18-4-2-3-7-24(17)18/h2-4,7,14,16H,5-6,8-13,15H2,1H3. The Kier molecular flexibility index (Phi) is 5.39. The smallest absolute Gasteiger partial charge is 0.225 e. The Morgan fingerprint density at radius 2 is 1.82 bits per heavy atom. The molecule has 4 rings (SSSR count). The average Bonchev–Trinajstić information content (AvgIpc) is 3.10. The summed E-state index contributed by atoms with van der Waals surface area (Å²) in [6.45, 7) is 4.85. The van der Waals surface area contributed by atoms with E-state index in [2.05, 4.69) is 14.3 Å². The summed E-state index contributed by atoms with van der Waals surface area (Å²) >= 11 is 0. The van der Waals surface area contributed by atoms with Gasteiger partial charge in [0, 0.05) is 57.9 Å². The van der Waals surface area contributed by atoms with Crippen LogP contribution in [0.15, 0.2) is 30.6 Å². The highest BCUT2D eigenvalue weighted by molar-refractivity contribution is 7.88. The number of piperidine rings is 1. The van der Waals surface area contributed by atoms with Crippen molar-refractivity contribution in [2.45, 2.75) is 19.4 Å². The van der Waals surface area contributed by atoms with E-state index in [9.17, 15) is 13.2 Å². The number of nitrogens with zero attached hydrogens (tertiary/aromatic N) is 5. The minimum atomic E-state index is -3.15. The summed E-state index contributed by atoms with van der Waals surface area (Å²) in [7, 11) is -3.15. The molecule has 0 saturated carbocycles. The minimum Gasteiger partial charge on any atom is -0.340 e. The number of imidazole rings is 1. The quantitative estimate of drug-likeness (QED) is 0.746. The molecule has 0 spiro atoms. The molecule has 2 aliphatic rings. The van der Waals surface area contributed by atoms with Crippen LogP contribution in [-0.2, 0) is 21.4 Å². The Bertz CT molecular complexity index is 941. The van der Waals surface area contributed by atoms with Crippen LogP contribution < -0.4 is 0 Å². The van der Waals surface area contributed by atoms with Crippen LogP contribution in [0.5, 0.6) is 0 Å². The predicted octanol–water partition coefficient (Wildman–Crippen LogP) is 0.650. The maximum absolute atomic E-state index is 12.8. The van der Waals surface area contributed by atoms with Gasteiger partial charge in [-0.25, -0.2) is 17.7 Å². The Labute approximate surface area is 165 Å². The lowest BCUT2D eigenvalue weighted by Gasteiger charge is -2.38. The molecule has 8 nitrogen and oxygen atoms in total. The van der Waals surface area contributed by atoms with Gasteiger partial charge in [0.05, 0.1) is 18.1 Å². The van der Waals surface area contributed by atoms with Crippen molar-refractivity contribution < 1.29 is 13.2 Å². The second kappa shape index (κ2) is 7.81. The Morgan fingerprint density at radius 1 is 1.11 bits per heavy atom. The molecule has 0 atom stereocenters. The number of carbonyl (C=O) groups excluding carboxylic acids is 1. The molecule has 2 aliphatic heterocycles. The van der Waals surface area contributed by atoms with Crippen LogP contribution in [0.4, 0.5) is 0 Å². The zero-order chi connectivity index (χ0) is 19.7. The van der Waals surface area contributed by atoms with Gasteiger partial charge in [0.15, 0.2) is 0 Å². The molecule has 1 amide bonds. The van der Waals surface area contributed by atoms with E-state index < -0.39 is 10.0 Å². The Morgan fingerprint density at radius 3 is 2.50 bits per heavy atom. The van der Waals surface area contributed by atoms with Gasteiger partial charge < -0.3 is 9.30 Å². The van der Waals surface area contributed by atoms with Crippen molar-refractivity contribution >= 4 is 21.6 Å². The highest BCUT2D eigenvalue weighted by atomic mass is 32.2. The number of piperazine rings is 1. The fraction of sp³-hybridized carbons (Fsp3) is 0.579. The minimum absolute atomic E-state index is 0.0525. The van der Waals surface area contributed by atoms with E-state index in [4.69, 9.17) is 0 Å². The lowest BCUT2D eigenvalue weighted by molar-refractivity contribution is -0.138. The van der Waals surface area contributed by atoms with Gasteiger partial charge in [-0.1, -0.05) is 6.07 Å². The van der Waals surface area contributed by atoms with E-state index in [-0.39, 0.29) is 11.8 Å². The van der Waals surface area contributed by atoms with Crippen molar-refractivity contribution in [3.8, 4) is 0 Å². The molecule has 0 N–H and O–H groups in total. The number of rotatable bonds is 4. The van der Waals surface area contributed by atoms with Gasteiger partial charge in [0.25, 0.3) is 0 Å².